The van der Waals surface area contributed by atoms with Gasteiger partial charge in [0.1, 0.15) is 5.82 Å². The van der Waals surface area contributed by atoms with Gasteiger partial charge < -0.3 is 4.42 Å². The lowest BCUT2D eigenvalue weighted by molar-refractivity contribution is 0.465. The van der Waals surface area contributed by atoms with E-state index in [9.17, 15) is 4.39 Å². The molecule has 3 rings (SSSR count). The third kappa shape index (κ3) is 3.71. The van der Waals surface area contributed by atoms with Crippen molar-refractivity contribution in [3.63, 3.8) is 0 Å². The SMILES string of the molecule is Fc1ccc(-c2nnc(SCc3cccc(Br)c3)o2)cc1. The number of hydrogen-bond acceptors (Lipinski definition) is 4. The largest absolute Gasteiger partial charge is 0.411 e. The molecule has 0 aliphatic rings. The second-order valence-corrected chi connectivity index (χ2v) is 6.14. The minimum absolute atomic E-state index is 0.289. The van der Waals surface area contributed by atoms with Crippen LogP contribution in [0.2, 0.25) is 0 Å². The molecule has 0 aliphatic carbocycles. The first kappa shape index (κ1) is 14.3. The van der Waals surface area contributed by atoms with E-state index in [1.165, 1.54) is 23.9 Å². The Morgan fingerprint density at radius 2 is 1.90 bits per heavy atom. The van der Waals surface area contributed by atoms with Gasteiger partial charge in [-0.25, -0.2) is 4.39 Å². The molecule has 6 heteroatoms. The highest BCUT2D eigenvalue weighted by Crippen LogP contribution is 2.26. The Balaban J connectivity index is 1.69. The fraction of sp³-hybridized carbons (Fsp3) is 0.0667. The second-order valence-electron chi connectivity index (χ2n) is 4.30. The highest BCUT2D eigenvalue weighted by atomic mass is 79.9. The number of benzene rings is 2. The summed E-state index contributed by atoms with van der Waals surface area (Å²) in [6.45, 7) is 0. The third-order valence-corrected chi connectivity index (χ3v) is 4.13. The first-order valence-electron chi connectivity index (χ1n) is 6.17. The number of nitrogens with zero attached hydrogens (tertiary/aromatic N) is 2. The Morgan fingerprint density at radius 3 is 2.67 bits per heavy atom. The number of halogens is 2. The lowest BCUT2D eigenvalue weighted by Crippen LogP contribution is -1.80. The molecule has 0 aliphatic heterocycles. The minimum atomic E-state index is -0.289. The smallest absolute Gasteiger partial charge is 0.277 e. The van der Waals surface area contributed by atoms with E-state index in [-0.39, 0.29) is 5.82 Å². The molecule has 0 spiro atoms. The van der Waals surface area contributed by atoms with Crippen LogP contribution in [-0.4, -0.2) is 10.2 Å². The molecule has 1 aromatic heterocycles. The Kier molecular flexibility index (Phi) is 4.36. The maximum Gasteiger partial charge on any atom is 0.277 e. The highest BCUT2D eigenvalue weighted by molar-refractivity contribution is 9.10. The van der Waals surface area contributed by atoms with Crippen molar-refractivity contribution in [2.24, 2.45) is 0 Å². The normalized spacial score (nSPS) is 10.8. The van der Waals surface area contributed by atoms with Gasteiger partial charge in [0.05, 0.1) is 0 Å². The summed E-state index contributed by atoms with van der Waals surface area (Å²) in [6, 6.07) is 14.0. The Bertz CT molecular complexity index is 745. The summed E-state index contributed by atoms with van der Waals surface area (Å²) in [6.07, 6.45) is 0. The van der Waals surface area contributed by atoms with Crippen LogP contribution in [-0.2, 0) is 5.75 Å². The van der Waals surface area contributed by atoms with Crippen molar-refractivity contribution in [1.82, 2.24) is 10.2 Å². The van der Waals surface area contributed by atoms with Crippen LogP contribution < -0.4 is 0 Å². The number of aromatic nitrogens is 2. The van der Waals surface area contributed by atoms with E-state index in [2.05, 4.69) is 26.1 Å². The van der Waals surface area contributed by atoms with E-state index in [0.717, 1.165) is 15.8 Å². The van der Waals surface area contributed by atoms with E-state index in [1.807, 2.05) is 24.3 Å². The van der Waals surface area contributed by atoms with E-state index in [0.29, 0.717) is 16.7 Å². The predicted octanol–water partition coefficient (Wildman–Crippen LogP) is 4.93. The van der Waals surface area contributed by atoms with Gasteiger partial charge in [-0.1, -0.05) is 39.8 Å². The van der Waals surface area contributed by atoms with Crippen LogP contribution in [0.4, 0.5) is 4.39 Å². The molecule has 0 saturated carbocycles. The van der Waals surface area contributed by atoms with Crippen molar-refractivity contribution >= 4 is 27.7 Å². The van der Waals surface area contributed by atoms with E-state index in [4.69, 9.17) is 4.42 Å². The summed E-state index contributed by atoms with van der Waals surface area (Å²) in [5.74, 6) is 0.846. The van der Waals surface area contributed by atoms with Crippen LogP contribution in [0.1, 0.15) is 5.56 Å². The average molecular weight is 365 g/mol. The van der Waals surface area contributed by atoms with Crippen LogP contribution in [0.5, 0.6) is 0 Å². The maximum absolute atomic E-state index is 12.9. The molecule has 0 saturated heterocycles. The quantitative estimate of drug-likeness (QED) is 0.615. The third-order valence-electron chi connectivity index (χ3n) is 2.75. The summed E-state index contributed by atoms with van der Waals surface area (Å²) >= 11 is 4.90. The molecule has 1 heterocycles. The molecule has 3 aromatic rings. The molecule has 0 amide bonds. The number of thioether (sulfide) groups is 1. The van der Waals surface area contributed by atoms with Crippen molar-refractivity contribution in [1.29, 1.82) is 0 Å². The summed E-state index contributed by atoms with van der Waals surface area (Å²) < 4.78 is 19.5. The van der Waals surface area contributed by atoms with Crippen molar-refractivity contribution in [2.45, 2.75) is 11.0 Å². The van der Waals surface area contributed by atoms with E-state index >= 15 is 0 Å². The first-order valence-corrected chi connectivity index (χ1v) is 7.95. The van der Waals surface area contributed by atoms with Crippen LogP contribution >= 0.6 is 27.7 Å². The zero-order valence-corrected chi connectivity index (χ0v) is 13.2. The summed E-state index contributed by atoms with van der Waals surface area (Å²) in [5.41, 5.74) is 1.87. The maximum atomic E-state index is 12.9. The van der Waals surface area contributed by atoms with Gasteiger partial charge in [-0.3, -0.25) is 0 Å². The molecule has 0 radical (unpaired) electrons. The standard InChI is InChI=1S/C15H10BrFN2OS/c16-12-3-1-2-10(8-12)9-21-15-19-18-14(20-15)11-4-6-13(17)7-5-11/h1-8H,9H2. The first-order chi connectivity index (χ1) is 10.2. The van der Waals surface area contributed by atoms with E-state index in [1.54, 1.807) is 12.1 Å². The number of hydrogen-bond donors (Lipinski definition) is 0. The molecular formula is C15H10BrFN2OS. The summed E-state index contributed by atoms with van der Waals surface area (Å²) in [4.78, 5) is 0. The zero-order chi connectivity index (χ0) is 14.7. The lowest BCUT2D eigenvalue weighted by Gasteiger charge is -1.98. The van der Waals surface area contributed by atoms with Gasteiger partial charge in [0, 0.05) is 15.8 Å². The molecule has 0 bridgehead atoms. The topological polar surface area (TPSA) is 38.9 Å². The summed E-state index contributed by atoms with van der Waals surface area (Å²) in [5, 5.41) is 8.46. The van der Waals surface area contributed by atoms with Crippen LogP contribution in [0.25, 0.3) is 11.5 Å². The summed E-state index contributed by atoms with van der Waals surface area (Å²) in [7, 11) is 0. The molecule has 0 unspecified atom stereocenters. The molecule has 3 nitrogen and oxygen atoms in total. The molecule has 21 heavy (non-hydrogen) atoms. The fourth-order valence-corrected chi connectivity index (χ4v) is 2.90. The molecular weight excluding hydrogens is 355 g/mol. The van der Waals surface area contributed by atoms with Crippen molar-refractivity contribution in [3.8, 4) is 11.5 Å². The van der Waals surface area contributed by atoms with Crippen LogP contribution in [0.15, 0.2) is 62.6 Å². The predicted molar refractivity (Wildman–Crippen MR) is 83.4 cm³/mol. The monoisotopic (exact) mass is 364 g/mol. The zero-order valence-electron chi connectivity index (χ0n) is 10.8. The second kappa shape index (κ2) is 6.41. The highest BCUT2D eigenvalue weighted by Gasteiger charge is 2.09. The lowest BCUT2D eigenvalue weighted by atomic mass is 10.2. The average Bonchev–Trinajstić information content (AvgIpc) is 2.95. The molecule has 0 fully saturated rings. The van der Waals surface area contributed by atoms with Crippen molar-refractivity contribution in [3.05, 3.63) is 64.4 Å². The molecule has 0 N–H and O–H groups in total. The van der Waals surface area contributed by atoms with Crippen LogP contribution in [0.3, 0.4) is 0 Å². The van der Waals surface area contributed by atoms with Gasteiger partial charge in [-0.2, -0.15) is 0 Å². The Morgan fingerprint density at radius 1 is 1.10 bits per heavy atom. The molecule has 0 atom stereocenters. The minimum Gasteiger partial charge on any atom is -0.411 e. The van der Waals surface area contributed by atoms with E-state index < -0.39 is 0 Å². The van der Waals surface area contributed by atoms with Gasteiger partial charge >= 0.3 is 0 Å². The molecule has 106 valence electrons. The fourth-order valence-electron chi connectivity index (χ4n) is 1.75. The van der Waals surface area contributed by atoms with Crippen LogP contribution in [0, 0.1) is 5.82 Å². The number of rotatable bonds is 4. The van der Waals surface area contributed by atoms with Crippen molar-refractivity contribution < 1.29 is 8.81 Å². The van der Waals surface area contributed by atoms with Gasteiger partial charge in [0.15, 0.2) is 0 Å². The van der Waals surface area contributed by atoms with Gasteiger partial charge in [0.25, 0.3) is 5.22 Å². The Labute approximate surface area is 133 Å². The van der Waals surface area contributed by atoms with Gasteiger partial charge in [-0.05, 0) is 42.0 Å². The van der Waals surface area contributed by atoms with Gasteiger partial charge in [0.2, 0.25) is 5.89 Å². The van der Waals surface area contributed by atoms with Gasteiger partial charge in [-0.15, -0.1) is 10.2 Å². The van der Waals surface area contributed by atoms with Crippen molar-refractivity contribution in [2.75, 3.05) is 0 Å². The molecule has 2 aromatic carbocycles. The Hall–Kier alpha value is -1.66.